The fourth-order valence-electron chi connectivity index (χ4n) is 3.86. The van der Waals surface area contributed by atoms with Crippen LogP contribution in [0, 0.1) is 17.7 Å². The summed E-state index contributed by atoms with van der Waals surface area (Å²) in [7, 11) is 1.63. The lowest BCUT2D eigenvalue weighted by Crippen LogP contribution is -2.41. The smallest absolute Gasteiger partial charge is 0.297 e. The molecular weight excluding hydrogens is 399 g/mol. The highest BCUT2D eigenvalue weighted by molar-refractivity contribution is 6.02. The lowest BCUT2D eigenvalue weighted by molar-refractivity contribution is 0.484. The van der Waals surface area contributed by atoms with Crippen LogP contribution < -0.4 is 16.3 Å². The Labute approximate surface area is 179 Å². The maximum absolute atomic E-state index is 13.4. The molecule has 3 heterocycles. The summed E-state index contributed by atoms with van der Waals surface area (Å²) in [4.78, 5) is 30.8. The number of nitrogens with zero attached hydrogens (tertiary/aromatic N) is 6. The highest BCUT2D eigenvalue weighted by Crippen LogP contribution is 2.26. The van der Waals surface area contributed by atoms with E-state index >= 15 is 0 Å². The molecule has 0 bridgehead atoms. The number of benzene rings is 1. The Hall–Kier alpha value is -3.23. The van der Waals surface area contributed by atoms with Crippen molar-refractivity contribution in [1.29, 1.82) is 0 Å². The standard InChI is InChI=1S/C22H27FN6O2/c1-13(2)10-28-20(30)18-19(26(5)22(28)31)24-21-27(18)12-17(25-29(21)11-14(3)4)15-6-8-16(23)9-7-15/h6-9,13-14H,10-12H2,1-5H3. The molecule has 2 aromatic heterocycles. The zero-order valence-corrected chi connectivity index (χ0v) is 18.5. The van der Waals surface area contributed by atoms with E-state index in [1.165, 1.54) is 21.3 Å². The van der Waals surface area contributed by atoms with E-state index in [1.54, 1.807) is 24.2 Å². The Morgan fingerprint density at radius 1 is 1.03 bits per heavy atom. The van der Waals surface area contributed by atoms with Crippen molar-refractivity contribution in [3.8, 4) is 0 Å². The van der Waals surface area contributed by atoms with Gasteiger partial charge in [0.1, 0.15) is 5.82 Å². The minimum Gasteiger partial charge on any atom is -0.297 e. The van der Waals surface area contributed by atoms with E-state index in [9.17, 15) is 14.0 Å². The zero-order chi connectivity index (χ0) is 22.4. The number of aromatic nitrogens is 4. The van der Waals surface area contributed by atoms with Gasteiger partial charge < -0.3 is 0 Å². The SMILES string of the molecule is CC(C)CN1N=C(c2ccc(F)cc2)Cn2c1nc1c2c(=O)n(CC(C)C)c(=O)n1C. The van der Waals surface area contributed by atoms with Crippen LogP contribution in [0.3, 0.4) is 0 Å². The second kappa shape index (κ2) is 7.79. The van der Waals surface area contributed by atoms with E-state index in [0.717, 1.165) is 5.56 Å². The molecule has 0 aliphatic carbocycles. The second-order valence-electron chi connectivity index (χ2n) is 8.85. The molecule has 0 N–H and O–H groups in total. The molecule has 31 heavy (non-hydrogen) atoms. The minimum atomic E-state index is -0.378. The fourth-order valence-corrected chi connectivity index (χ4v) is 3.86. The van der Waals surface area contributed by atoms with Crippen LogP contribution in [0.2, 0.25) is 0 Å². The highest BCUT2D eigenvalue weighted by Gasteiger charge is 2.28. The molecule has 1 aliphatic rings. The van der Waals surface area contributed by atoms with E-state index in [1.807, 2.05) is 18.4 Å². The molecule has 0 radical (unpaired) electrons. The maximum atomic E-state index is 13.4. The fraction of sp³-hybridized carbons (Fsp3) is 0.455. The Balaban J connectivity index is 1.95. The first-order valence-electron chi connectivity index (χ1n) is 10.5. The first-order chi connectivity index (χ1) is 14.7. The van der Waals surface area contributed by atoms with Gasteiger partial charge >= 0.3 is 5.69 Å². The van der Waals surface area contributed by atoms with Gasteiger partial charge in [0.25, 0.3) is 5.56 Å². The summed E-state index contributed by atoms with van der Waals surface area (Å²) in [5, 5.41) is 6.53. The monoisotopic (exact) mass is 426 g/mol. The Morgan fingerprint density at radius 2 is 1.68 bits per heavy atom. The van der Waals surface area contributed by atoms with E-state index in [4.69, 9.17) is 5.10 Å². The van der Waals surface area contributed by atoms with Crippen molar-refractivity contribution in [3.05, 3.63) is 56.5 Å². The van der Waals surface area contributed by atoms with Gasteiger partial charge in [-0.2, -0.15) is 10.1 Å². The summed E-state index contributed by atoms with van der Waals surface area (Å²) >= 11 is 0. The molecule has 0 unspecified atom stereocenters. The van der Waals surface area contributed by atoms with Crippen molar-refractivity contribution in [3.63, 3.8) is 0 Å². The van der Waals surface area contributed by atoms with Crippen LogP contribution in [0.4, 0.5) is 10.3 Å². The summed E-state index contributed by atoms with van der Waals surface area (Å²) in [6.45, 7) is 9.29. The van der Waals surface area contributed by atoms with Crippen molar-refractivity contribution in [2.45, 2.75) is 40.8 Å². The summed E-state index contributed by atoms with van der Waals surface area (Å²) in [5.41, 5.74) is 1.47. The van der Waals surface area contributed by atoms with Gasteiger partial charge in [0.15, 0.2) is 11.2 Å². The first-order valence-corrected chi connectivity index (χ1v) is 10.5. The lowest BCUT2D eigenvalue weighted by atomic mass is 10.1. The zero-order valence-electron chi connectivity index (χ0n) is 18.5. The topological polar surface area (TPSA) is 77.4 Å². The van der Waals surface area contributed by atoms with Crippen LogP contribution in [-0.4, -0.2) is 30.9 Å². The van der Waals surface area contributed by atoms with E-state index in [0.29, 0.717) is 42.5 Å². The predicted molar refractivity (Wildman–Crippen MR) is 119 cm³/mol. The molecule has 3 aromatic rings. The van der Waals surface area contributed by atoms with Gasteiger partial charge in [0, 0.05) is 20.1 Å². The van der Waals surface area contributed by atoms with Crippen LogP contribution in [0.25, 0.3) is 11.2 Å². The van der Waals surface area contributed by atoms with Crippen LogP contribution >= 0.6 is 0 Å². The Bertz CT molecular complexity index is 1280. The van der Waals surface area contributed by atoms with Crippen molar-refractivity contribution < 1.29 is 4.39 Å². The van der Waals surface area contributed by atoms with Crippen molar-refractivity contribution >= 4 is 22.8 Å². The summed E-state index contributed by atoms with van der Waals surface area (Å²) in [6, 6.07) is 6.15. The molecule has 0 amide bonds. The van der Waals surface area contributed by atoms with Crippen LogP contribution in [0.15, 0.2) is 39.0 Å². The molecule has 0 atom stereocenters. The number of rotatable bonds is 5. The minimum absolute atomic E-state index is 0.139. The molecular formula is C22H27FN6O2. The quantitative estimate of drug-likeness (QED) is 0.628. The van der Waals surface area contributed by atoms with Gasteiger partial charge in [-0.15, -0.1) is 0 Å². The molecule has 164 valence electrons. The number of fused-ring (bicyclic) bond motifs is 3. The number of aryl methyl sites for hydroxylation is 1. The molecule has 0 saturated heterocycles. The third-order valence-electron chi connectivity index (χ3n) is 5.26. The number of hydrogen-bond donors (Lipinski definition) is 0. The highest BCUT2D eigenvalue weighted by atomic mass is 19.1. The van der Waals surface area contributed by atoms with Crippen molar-refractivity contribution in [1.82, 2.24) is 18.7 Å². The number of imidazole rings is 1. The molecule has 1 aromatic carbocycles. The molecule has 8 nitrogen and oxygen atoms in total. The maximum Gasteiger partial charge on any atom is 0.332 e. The van der Waals surface area contributed by atoms with Gasteiger partial charge in [0.2, 0.25) is 5.95 Å². The molecule has 4 rings (SSSR count). The Kier molecular flexibility index (Phi) is 5.28. The van der Waals surface area contributed by atoms with E-state index in [-0.39, 0.29) is 28.9 Å². The summed E-state index contributed by atoms with van der Waals surface area (Å²) in [6.07, 6.45) is 0. The average Bonchev–Trinajstić information content (AvgIpc) is 3.09. The first kappa shape index (κ1) is 21.0. The third kappa shape index (κ3) is 3.68. The summed E-state index contributed by atoms with van der Waals surface area (Å²) in [5.74, 6) is 0.634. The lowest BCUT2D eigenvalue weighted by Gasteiger charge is -2.27. The van der Waals surface area contributed by atoms with Gasteiger partial charge in [-0.3, -0.25) is 18.5 Å². The largest absolute Gasteiger partial charge is 0.332 e. The number of halogens is 1. The third-order valence-corrected chi connectivity index (χ3v) is 5.26. The van der Waals surface area contributed by atoms with Gasteiger partial charge in [-0.1, -0.05) is 39.8 Å². The van der Waals surface area contributed by atoms with Gasteiger partial charge in [-0.25, -0.2) is 14.2 Å². The van der Waals surface area contributed by atoms with Crippen LogP contribution in [-0.2, 0) is 20.1 Å². The second-order valence-corrected chi connectivity index (χ2v) is 8.85. The summed E-state index contributed by atoms with van der Waals surface area (Å²) < 4.78 is 18.0. The van der Waals surface area contributed by atoms with Crippen molar-refractivity contribution in [2.75, 3.05) is 11.6 Å². The normalized spacial score (nSPS) is 13.9. The van der Waals surface area contributed by atoms with Crippen molar-refractivity contribution in [2.24, 2.45) is 24.0 Å². The number of anilines is 1. The average molecular weight is 426 g/mol. The molecule has 0 fully saturated rings. The predicted octanol–water partition coefficient (Wildman–Crippen LogP) is 2.57. The number of hydrogen-bond acceptors (Lipinski definition) is 5. The van der Waals surface area contributed by atoms with Gasteiger partial charge in [-0.05, 0) is 29.5 Å². The molecule has 0 spiro atoms. The van der Waals surface area contributed by atoms with E-state index in [2.05, 4.69) is 18.8 Å². The van der Waals surface area contributed by atoms with E-state index < -0.39 is 0 Å². The number of hydrazone groups is 1. The van der Waals surface area contributed by atoms with Gasteiger partial charge in [0.05, 0.1) is 12.3 Å². The Morgan fingerprint density at radius 3 is 2.29 bits per heavy atom. The van der Waals surface area contributed by atoms with Crippen LogP contribution in [0.1, 0.15) is 33.3 Å². The molecule has 0 saturated carbocycles. The molecule has 1 aliphatic heterocycles. The van der Waals surface area contributed by atoms with Crippen LogP contribution in [0.5, 0.6) is 0 Å². The molecule has 9 heteroatoms.